The minimum Gasteiger partial charge on any atom is -0.451 e. The Bertz CT molecular complexity index is 1590. The molecule has 0 aromatic heterocycles. The minimum atomic E-state index is -2.29. The Hall–Kier alpha value is -1.15. The topological polar surface area (TPSA) is 94.6 Å². The van der Waals surface area contributed by atoms with Crippen LogP contribution in [0.1, 0.15) is 92.4 Å². The third-order valence-corrected chi connectivity index (χ3v) is 24.0. The molecule has 0 radical (unpaired) electrons. The van der Waals surface area contributed by atoms with Crippen molar-refractivity contribution < 1.29 is 33.0 Å². The first kappa shape index (κ1) is 37.6. The van der Waals surface area contributed by atoms with E-state index in [1.165, 1.54) is 0 Å². The molecule has 2 bridgehead atoms. The summed E-state index contributed by atoms with van der Waals surface area (Å²) in [5.74, 6) is -1.29. The first-order valence-corrected chi connectivity index (χ1v) is 24.7. The second-order valence-corrected chi connectivity index (χ2v) is 30.2. The fourth-order valence-corrected chi connectivity index (χ4v) is 12.6. The lowest BCUT2D eigenvalue weighted by Crippen LogP contribution is -2.63. The van der Waals surface area contributed by atoms with Gasteiger partial charge in [0.05, 0.1) is 23.2 Å². The number of esters is 1. The molecule has 6 rings (SSSR count). The SMILES string of the molecule is CC1=C[C@@]23C(=O)[C@H](C[C@]4(CO[Si](C)(C)C(C)(C)C)O[C@@H]4[C@@]2(O)[C@@H]1OC(=O)c1ccc(Br)cc1)[C@H]1C(C)(C)[C@@]1(O[Si](C)(C)C(C)(C)C)C[C@@H]3C. The van der Waals surface area contributed by atoms with E-state index in [0.29, 0.717) is 24.0 Å². The highest BCUT2D eigenvalue weighted by Gasteiger charge is 2.88. The Kier molecular flexibility index (Phi) is 8.40. The minimum absolute atomic E-state index is 0.0192. The maximum atomic E-state index is 15.6. The Morgan fingerprint density at radius 2 is 1.57 bits per heavy atom. The summed E-state index contributed by atoms with van der Waals surface area (Å²) in [7, 11) is -4.52. The number of epoxide rings is 1. The average molecular weight is 776 g/mol. The summed E-state index contributed by atoms with van der Waals surface area (Å²) in [6, 6.07) is 6.98. The maximum absolute atomic E-state index is 15.6. The molecule has 1 aromatic carbocycles. The lowest BCUT2D eigenvalue weighted by molar-refractivity contribution is -0.171. The molecule has 49 heavy (non-hydrogen) atoms. The van der Waals surface area contributed by atoms with Gasteiger partial charge in [0.25, 0.3) is 0 Å². The van der Waals surface area contributed by atoms with Gasteiger partial charge in [-0.05, 0) is 97.2 Å². The molecule has 1 saturated heterocycles. The number of halogens is 1. The summed E-state index contributed by atoms with van der Waals surface area (Å²) in [4.78, 5) is 29.3. The van der Waals surface area contributed by atoms with E-state index in [1.54, 1.807) is 24.3 Å². The standard InChI is InChI=1S/C39H59BrO7Si2/c1-23-19-37-24(2)20-38(47-49(13,14)34(6,7)8)28(35(38,9)10)27(29(37)41)21-36(22-44-48(11,12)33(3,4)5)32(46-36)39(37,43)30(23)45-31(42)25-15-17-26(40)18-16-25/h15-19,24,27-28,30,32,43H,20-22H2,1-14H3/t24-,27+,28-,30+,32-,36+,37+,38+,39-/m0/s1. The second-order valence-electron chi connectivity index (χ2n) is 19.7. The average Bonchev–Trinajstić information content (AvgIpc) is 3.77. The van der Waals surface area contributed by atoms with Gasteiger partial charge in [-0.2, -0.15) is 0 Å². The van der Waals surface area contributed by atoms with Crippen LogP contribution in [-0.2, 0) is 23.1 Å². The normalized spacial score (nSPS) is 39.6. The van der Waals surface area contributed by atoms with Gasteiger partial charge in [-0.1, -0.05) is 84.3 Å². The Balaban J connectivity index is 1.49. The van der Waals surface area contributed by atoms with Crippen molar-refractivity contribution >= 4 is 44.3 Å². The molecule has 0 unspecified atom stereocenters. The highest BCUT2D eigenvalue weighted by molar-refractivity contribution is 9.10. The van der Waals surface area contributed by atoms with Gasteiger partial charge in [0.1, 0.15) is 17.5 Å². The summed E-state index contributed by atoms with van der Waals surface area (Å²) < 4.78 is 28.3. The Labute approximate surface area is 304 Å². The second kappa shape index (κ2) is 10.9. The van der Waals surface area contributed by atoms with Gasteiger partial charge >= 0.3 is 5.97 Å². The van der Waals surface area contributed by atoms with E-state index in [9.17, 15) is 9.90 Å². The predicted octanol–water partition coefficient (Wildman–Crippen LogP) is 8.86. The highest BCUT2D eigenvalue weighted by atomic mass is 79.9. The predicted molar refractivity (Wildman–Crippen MR) is 200 cm³/mol. The van der Waals surface area contributed by atoms with E-state index in [1.807, 2.05) is 13.0 Å². The van der Waals surface area contributed by atoms with Crippen LogP contribution in [0.15, 0.2) is 40.4 Å². The van der Waals surface area contributed by atoms with Crippen LogP contribution in [0.4, 0.5) is 0 Å². The number of fused-ring (bicyclic) bond motifs is 5. The van der Waals surface area contributed by atoms with Crippen LogP contribution in [-0.4, -0.2) is 69.1 Å². The van der Waals surface area contributed by atoms with Crippen LogP contribution >= 0.6 is 15.9 Å². The molecule has 4 fully saturated rings. The number of carbonyl (C=O) groups excluding carboxylic acids is 2. The van der Waals surface area contributed by atoms with E-state index in [4.69, 9.17) is 18.3 Å². The van der Waals surface area contributed by atoms with Crippen molar-refractivity contribution in [3.63, 3.8) is 0 Å². The van der Waals surface area contributed by atoms with Crippen molar-refractivity contribution in [3.05, 3.63) is 46.0 Å². The molecule has 0 amide bonds. The number of benzene rings is 1. The third-order valence-electron chi connectivity index (χ3n) is 14.5. The van der Waals surface area contributed by atoms with Crippen LogP contribution < -0.4 is 0 Å². The van der Waals surface area contributed by atoms with E-state index in [-0.39, 0.29) is 39.7 Å². The van der Waals surface area contributed by atoms with Crippen molar-refractivity contribution in [3.8, 4) is 0 Å². The van der Waals surface area contributed by atoms with Crippen LogP contribution in [0.2, 0.25) is 36.3 Å². The Morgan fingerprint density at radius 3 is 2.12 bits per heavy atom. The molecule has 1 aromatic rings. The summed E-state index contributed by atoms with van der Waals surface area (Å²) in [6.45, 7) is 31.2. The lowest BCUT2D eigenvalue weighted by atomic mass is 9.59. The van der Waals surface area contributed by atoms with Crippen molar-refractivity contribution in [1.29, 1.82) is 0 Å². The van der Waals surface area contributed by atoms with Gasteiger partial charge in [-0.3, -0.25) is 4.79 Å². The number of ketones is 1. The van der Waals surface area contributed by atoms with Crippen molar-refractivity contribution in [2.75, 3.05) is 6.61 Å². The first-order valence-electron chi connectivity index (χ1n) is 18.1. The largest absolute Gasteiger partial charge is 0.451 e. The maximum Gasteiger partial charge on any atom is 0.338 e. The Morgan fingerprint density at radius 1 is 1.00 bits per heavy atom. The van der Waals surface area contributed by atoms with Crippen LogP contribution in [0.3, 0.4) is 0 Å². The zero-order valence-corrected chi connectivity index (χ0v) is 35.8. The van der Waals surface area contributed by atoms with Gasteiger partial charge in [0.15, 0.2) is 28.3 Å². The van der Waals surface area contributed by atoms with Gasteiger partial charge in [-0.15, -0.1) is 0 Å². The number of rotatable bonds is 7. The zero-order chi connectivity index (χ0) is 36.8. The molecular weight excluding hydrogens is 716 g/mol. The van der Waals surface area contributed by atoms with Crippen molar-refractivity contribution in [1.82, 2.24) is 0 Å². The van der Waals surface area contributed by atoms with Crippen LogP contribution in [0, 0.1) is 28.6 Å². The molecule has 1 heterocycles. The van der Waals surface area contributed by atoms with Gasteiger partial charge in [0.2, 0.25) is 0 Å². The zero-order valence-electron chi connectivity index (χ0n) is 32.2. The number of aliphatic hydroxyl groups is 1. The van der Waals surface area contributed by atoms with Gasteiger partial charge in [-0.25, -0.2) is 4.79 Å². The van der Waals surface area contributed by atoms with E-state index < -0.39 is 62.9 Å². The molecule has 4 aliphatic carbocycles. The summed E-state index contributed by atoms with van der Waals surface area (Å²) in [5, 5.41) is 13.5. The highest BCUT2D eigenvalue weighted by Crippen LogP contribution is 2.78. The summed E-state index contributed by atoms with van der Waals surface area (Å²) in [5.41, 5.74) is -3.76. The van der Waals surface area contributed by atoms with Crippen molar-refractivity contribution in [2.24, 2.45) is 28.6 Å². The number of hydrogen-bond donors (Lipinski definition) is 1. The molecule has 9 atom stereocenters. The summed E-state index contributed by atoms with van der Waals surface area (Å²) >= 11 is 3.44. The monoisotopic (exact) mass is 774 g/mol. The van der Waals surface area contributed by atoms with Crippen molar-refractivity contribution in [2.45, 2.75) is 147 Å². The molecule has 1 aliphatic heterocycles. The molecule has 5 aliphatic rings. The molecule has 3 saturated carbocycles. The van der Waals surface area contributed by atoms with E-state index in [0.717, 1.165) is 4.47 Å². The fourth-order valence-electron chi connectivity index (χ4n) is 9.57. The quantitative estimate of drug-likeness (QED) is 0.128. The fraction of sp³-hybridized carbons (Fsp3) is 0.744. The number of hydrogen-bond acceptors (Lipinski definition) is 7. The molecule has 1 spiro atoms. The number of carbonyl (C=O) groups is 2. The molecule has 1 N–H and O–H groups in total. The lowest BCUT2D eigenvalue weighted by Gasteiger charge is -2.47. The molecule has 10 heteroatoms. The molecule has 272 valence electrons. The molecular formula is C39H59BrO7Si2. The number of Topliss-reactive ketones (excluding diaryl/α,β-unsaturated/α-hetero) is 1. The van der Waals surface area contributed by atoms with Crippen LogP contribution in [0.5, 0.6) is 0 Å². The number of ether oxygens (including phenoxy) is 2. The van der Waals surface area contributed by atoms with E-state index >= 15 is 4.79 Å². The van der Waals surface area contributed by atoms with Gasteiger partial charge < -0.3 is 23.4 Å². The smallest absolute Gasteiger partial charge is 0.338 e. The summed E-state index contributed by atoms with van der Waals surface area (Å²) in [6.07, 6.45) is 1.22. The first-order chi connectivity index (χ1) is 22.2. The molecule has 7 nitrogen and oxygen atoms in total. The van der Waals surface area contributed by atoms with Crippen LogP contribution in [0.25, 0.3) is 0 Å². The van der Waals surface area contributed by atoms with E-state index in [2.05, 4.69) is 104 Å². The van der Waals surface area contributed by atoms with Gasteiger partial charge in [0, 0.05) is 16.3 Å². The third kappa shape index (κ3) is 5.11.